The van der Waals surface area contributed by atoms with Crippen LogP contribution in [0.4, 0.5) is 4.39 Å². The maximum absolute atomic E-state index is 13.2. The lowest BCUT2D eigenvalue weighted by Crippen LogP contribution is -2.30. The Balaban J connectivity index is 1.69. The van der Waals surface area contributed by atoms with Gasteiger partial charge < -0.3 is 4.74 Å². The summed E-state index contributed by atoms with van der Waals surface area (Å²) >= 11 is 0. The highest BCUT2D eigenvalue weighted by molar-refractivity contribution is 6.22. The monoisotopic (exact) mass is 383 g/mol. The molecular weight excluding hydrogens is 365 g/mol. The van der Waals surface area contributed by atoms with Gasteiger partial charge in [-0.15, -0.1) is 0 Å². The molecule has 3 rings (SSSR count). The molecule has 2 aromatic carbocycles. The number of hydrogen-bond acceptors (Lipinski definition) is 5. The van der Waals surface area contributed by atoms with Crippen molar-refractivity contribution < 1.29 is 28.3 Å². The first-order valence-electron chi connectivity index (χ1n) is 8.88. The van der Waals surface area contributed by atoms with Crippen LogP contribution in [-0.4, -0.2) is 41.6 Å². The lowest BCUT2D eigenvalue weighted by molar-refractivity contribution is 0.0474. The molecule has 0 bridgehead atoms. The van der Waals surface area contributed by atoms with E-state index < -0.39 is 30.1 Å². The SMILES string of the molecule is CCCCN1C(=O)c2ccc(C(=O)OCC(=O)c3cccc(F)c3)cc2C1=O. The van der Waals surface area contributed by atoms with Gasteiger partial charge >= 0.3 is 5.97 Å². The predicted octanol–water partition coefficient (Wildman–Crippen LogP) is 3.26. The number of esters is 1. The Hall–Kier alpha value is -3.35. The van der Waals surface area contributed by atoms with Gasteiger partial charge in [0.2, 0.25) is 0 Å². The number of fused-ring (bicyclic) bond motifs is 1. The molecule has 144 valence electrons. The third-order valence-corrected chi connectivity index (χ3v) is 4.42. The van der Waals surface area contributed by atoms with Gasteiger partial charge in [-0.25, -0.2) is 9.18 Å². The lowest BCUT2D eigenvalue weighted by atomic mass is 10.1. The number of carbonyl (C=O) groups excluding carboxylic acids is 4. The van der Waals surface area contributed by atoms with Gasteiger partial charge in [-0.05, 0) is 36.8 Å². The molecule has 7 heteroatoms. The smallest absolute Gasteiger partial charge is 0.338 e. The molecule has 0 saturated carbocycles. The van der Waals surface area contributed by atoms with E-state index in [2.05, 4.69) is 0 Å². The first kappa shape index (κ1) is 19.4. The van der Waals surface area contributed by atoms with Crippen LogP contribution < -0.4 is 0 Å². The van der Waals surface area contributed by atoms with Crippen molar-refractivity contribution in [1.82, 2.24) is 4.90 Å². The van der Waals surface area contributed by atoms with E-state index in [-0.39, 0.29) is 28.2 Å². The molecule has 0 saturated heterocycles. The normalized spacial score (nSPS) is 12.9. The quantitative estimate of drug-likeness (QED) is 0.416. The summed E-state index contributed by atoms with van der Waals surface area (Å²) in [6.45, 7) is 1.72. The Kier molecular flexibility index (Phi) is 5.63. The van der Waals surface area contributed by atoms with E-state index in [1.54, 1.807) is 0 Å². The van der Waals surface area contributed by atoms with Crippen LogP contribution in [0.15, 0.2) is 42.5 Å². The van der Waals surface area contributed by atoms with Crippen molar-refractivity contribution in [2.45, 2.75) is 19.8 Å². The molecule has 2 aromatic rings. The Morgan fingerprint density at radius 3 is 2.46 bits per heavy atom. The maximum Gasteiger partial charge on any atom is 0.338 e. The van der Waals surface area contributed by atoms with Crippen LogP contribution in [0, 0.1) is 5.82 Å². The number of imide groups is 1. The van der Waals surface area contributed by atoms with Crippen molar-refractivity contribution in [2.24, 2.45) is 0 Å². The second kappa shape index (κ2) is 8.12. The van der Waals surface area contributed by atoms with E-state index >= 15 is 0 Å². The molecule has 1 aliphatic heterocycles. The van der Waals surface area contributed by atoms with Crippen molar-refractivity contribution in [3.05, 3.63) is 70.5 Å². The molecule has 0 unspecified atom stereocenters. The Morgan fingerprint density at radius 2 is 1.75 bits per heavy atom. The fourth-order valence-electron chi connectivity index (χ4n) is 2.90. The number of nitrogens with zero attached hydrogens (tertiary/aromatic N) is 1. The van der Waals surface area contributed by atoms with Gasteiger partial charge in [-0.1, -0.05) is 25.5 Å². The van der Waals surface area contributed by atoms with Crippen molar-refractivity contribution in [1.29, 1.82) is 0 Å². The lowest BCUT2D eigenvalue weighted by Gasteiger charge is -2.12. The summed E-state index contributed by atoms with van der Waals surface area (Å²) in [5.74, 6) is -2.74. The Labute approximate surface area is 160 Å². The van der Waals surface area contributed by atoms with E-state index in [9.17, 15) is 23.6 Å². The second-order valence-electron chi connectivity index (χ2n) is 6.39. The molecule has 0 N–H and O–H groups in total. The number of unbranched alkanes of at least 4 members (excludes halogenated alkanes) is 1. The van der Waals surface area contributed by atoms with E-state index in [1.165, 1.54) is 36.4 Å². The number of hydrogen-bond donors (Lipinski definition) is 0. The summed E-state index contributed by atoms with van der Waals surface area (Å²) in [4.78, 5) is 50.1. The number of amides is 2. The minimum Gasteiger partial charge on any atom is -0.454 e. The summed E-state index contributed by atoms with van der Waals surface area (Å²) in [6.07, 6.45) is 1.53. The van der Waals surface area contributed by atoms with Crippen molar-refractivity contribution in [3.8, 4) is 0 Å². The summed E-state index contributed by atoms with van der Waals surface area (Å²) in [5.41, 5.74) is 0.541. The first-order valence-corrected chi connectivity index (χ1v) is 8.88. The van der Waals surface area contributed by atoms with Gasteiger partial charge in [0, 0.05) is 12.1 Å². The molecule has 0 spiro atoms. The Bertz CT molecular complexity index is 969. The minimum absolute atomic E-state index is 0.0595. The van der Waals surface area contributed by atoms with E-state index in [0.717, 1.165) is 17.4 Å². The van der Waals surface area contributed by atoms with Gasteiger partial charge in [-0.2, -0.15) is 0 Å². The van der Waals surface area contributed by atoms with Gasteiger partial charge in [0.05, 0.1) is 16.7 Å². The average molecular weight is 383 g/mol. The Morgan fingerprint density at radius 1 is 1.00 bits per heavy atom. The molecule has 0 radical (unpaired) electrons. The van der Waals surface area contributed by atoms with E-state index in [0.29, 0.717) is 13.0 Å². The summed E-state index contributed by atoms with van der Waals surface area (Å²) in [5, 5.41) is 0. The van der Waals surface area contributed by atoms with Crippen LogP contribution in [0.5, 0.6) is 0 Å². The average Bonchev–Trinajstić information content (AvgIpc) is 2.94. The number of halogens is 1. The topological polar surface area (TPSA) is 80.8 Å². The number of ether oxygens (including phenoxy) is 1. The van der Waals surface area contributed by atoms with Gasteiger partial charge in [0.15, 0.2) is 12.4 Å². The molecule has 1 aliphatic rings. The van der Waals surface area contributed by atoms with Gasteiger partial charge in [-0.3, -0.25) is 19.3 Å². The standard InChI is InChI=1S/C21H18FNO5/c1-2-3-9-23-19(25)16-8-7-14(11-17(16)20(23)26)21(27)28-12-18(24)13-5-4-6-15(22)10-13/h4-8,10-11H,2-3,9,12H2,1H3. The van der Waals surface area contributed by atoms with E-state index in [4.69, 9.17) is 4.74 Å². The number of Topliss-reactive ketones (excluding diaryl/α,β-unsaturated/α-hetero) is 1. The highest BCUT2D eigenvalue weighted by Crippen LogP contribution is 2.24. The van der Waals surface area contributed by atoms with Crippen LogP contribution in [0.25, 0.3) is 0 Å². The summed E-state index contributed by atoms with van der Waals surface area (Å²) in [7, 11) is 0. The third kappa shape index (κ3) is 3.83. The van der Waals surface area contributed by atoms with Gasteiger partial charge in [0.1, 0.15) is 5.82 Å². The summed E-state index contributed by atoms with van der Waals surface area (Å²) in [6, 6.07) is 9.16. The molecule has 0 atom stereocenters. The minimum atomic E-state index is -0.806. The number of rotatable bonds is 7. The van der Waals surface area contributed by atoms with Crippen LogP contribution in [-0.2, 0) is 4.74 Å². The zero-order valence-corrected chi connectivity index (χ0v) is 15.2. The van der Waals surface area contributed by atoms with Crippen LogP contribution in [0.3, 0.4) is 0 Å². The fraction of sp³-hybridized carbons (Fsp3) is 0.238. The fourth-order valence-corrected chi connectivity index (χ4v) is 2.90. The first-order chi connectivity index (χ1) is 13.4. The van der Waals surface area contributed by atoms with Gasteiger partial charge in [0.25, 0.3) is 11.8 Å². The van der Waals surface area contributed by atoms with Crippen LogP contribution >= 0.6 is 0 Å². The van der Waals surface area contributed by atoms with Crippen LogP contribution in [0.2, 0.25) is 0 Å². The van der Waals surface area contributed by atoms with Crippen molar-refractivity contribution >= 4 is 23.6 Å². The molecule has 0 aromatic heterocycles. The number of ketones is 1. The predicted molar refractivity (Wildman–Crippen MR) is 97.7 cm³/mol. The van der Waals surface area contributed by atoms with Crippen molar-refractivity contribution in [3.63, 3.8) is 0 Å². The highest BCUT2D eigenvalue weighted by Gasteiger charge is 2.35. The number of carbonyl (C=O) groups is 4. The molecule has 6 nitrogen and oxygen atoms in total. The van der Waals surface area contributed by atoms with Crippen molar-refractivity contribution in [2.75, 3.05) is 13.2 Å². The van der Waals surface area contributed by atoms with Crippen LogP contribution in [0.1, 0.15) is 61.2 Å². The molecule has 2 amide bonds. The number of benzene rings is 2. The maximum atomic E-state index is 13.2. The molecular formula is C21H18FNO5. The third-order valence-electron chi connectivity index (χ3n) is 4.42. The molecule has 28 heavy (non-hydrogen) atoms. The van der Waals surface area contributed by atoms with E-state index in [1.807, 2.05) is 6.92 Å². The molecule has 0 fully saturated rings. The largest absolute Gasteiger partial charge is 0.454 e. The summed E-state index contributed by atoms with van der Waals surface area (Å²) < 4.78 is 18.1. The zero-order chi connectivity index (χ0) is 20.3. The second-order valence-corrected chi connectivity index (χ2v) is 6.39. The molecule has 0 aliphatic carbocycles. The highest BCUT2D eigenvalue weighted by atomic mass is 19.1. The molecule has 1 heterocycles. The zero-order valence-electron chi connectivity index (χ0n) is 15.2.